The van der Waals surface area contributed by atoms with E-state index >= 15 is 0 Å². The first-order chi connectivity index (χ1) is 15.1. The number of carbonyl (C=O) groups excluding carboxylic acids is 1. The first-order valence-electron chi connectivity index (χ1n) is 10.3. The molecule has 0 aliphatic carbocycles. The summed E-state index contributed by atoms with van der Waals surface area (Å²) in [5.41, 5.74) is 1.86. The van der Waals surface area contributed by atoms with E-state index in [9.17, 15) is 4.79 Å². The van der Waals surface area contributed by atoms with Gasteiger partial charge in [0.25, 0.3) is 0 Å². The first-order valence-corrected chi connectivity index (χ1v) is 10.7. The number of methoxy groups -OCH3 is 1. The maximum Gasteiger partial charge on any atom is 0.241 e. The average Bonchev–Trinajstić information content (AvgIpc) is 3.26. The van der Waals surface area contributed by atoms with Crippen molar-refractivity contribution >= 4 is 17.5 Å². The number of amides is 1. The Morgan fingerprint density at radius 2 is 2.13 bits per heavy atom. The number of rotatable bonds is 7. The van der Waals surface area contributed by atoms with Gasteiger partial charge in [0, 0.05) is 23.7 Å². The van der Waals surface area contributed by atoms with Gasteiger partial charge in [-0.3, -0.25) is 9.69 Å². The average molecular weight is 441 g/mol. The number of nitrogens with zero attached hydrogens (tertiary/aromatic N) is 3. The highest BCUT2D eigenvalue weighted by Gasteiger charge is 2.26. The van der Waals surface area contributed by atoms with Crippen LogP contribution >= 0.6 is 11.6 Å². The highest BCUT2D eigenvalue weighted by atomic mass is 35.5. The molecule has 3 aromatic rings. The van der Waals surface area contributed by atoms with Crippen molar-refractivity contribution in [2.24, 2.45) is 5.92 Å². The highest BCUT2D eigenvalue weighted by molar-refractivity contribution is 6.30. The van der Waals surface area contributed by atoms with Gasteiger partial charge in [0.15, 0.2) is 0 Å². The lowest BCUT2D eigenvalue weighted by Crippen LogP contribution is -2.42. The lowest BCUT2D eigenvalue weighted by molar-refractivity contribution is -0.127. The highest BCUT2D eigenvalue weighted by Crippen LogP contribution is 2.22. The number of benzene rings is 2. The Balaban J connectivity index is 1.30. The van der Waals surface area contributed by atoms with Crippen molar-refractivity contribution < 1.29 is 14.1 Å². The zero-order valence-electron chi connectivity index (χ0n) is 17.4. The fourth-order valence-electron chi connectivity index (χ4n) is 3.75. The van der Waals surface area contributed by atoms with Gasteiger partial charge >= 0.3 is 0 Å². The topological polar surface area (TPSA) is 80.5 Å². The molecule has 1 N–H and O–H groups in total. The van der Waals surface area contributed by atoms with E-state index in [1.54, 1.807) is 19.2 Å². The molecule has 1 unspecified atom stereocenters. The molecule has 1 saturated heterocycles. The van der Waals surface area contributed by atoms with E-state index in [1.807, 2.05) is 36.4 Å². The van der Waals surface area contributed by atoms with E-state index in [0.29, 0.717) is 36.4 Å². The zero-order chi connectivity index (χ0) is 21.6. The molecule has 7 nitrogen and oxygen atoms in total. The summed E-state index contributed by atoms with van der Waals surface area (Å²) in [5.74, 6) is 1.88. The van der Waals surface area contributed by atoms with Crippen LogP contribution in [-0.4, -0.2) is 41.1 Å². The monoisotopic (exact) mass is 440 g/mol. The van der Waals surface area contributed by atoms with Crippen LogP contribution in [0.5, 0.6) is 5.75 Å². The molecule has 0 radical (unpaired) electrons. The molecule has 2 heterocycles. The van der Waals surface area contributed by atoms with Crippen LogP contribution in [0.25, 0.3) is 11.4 Å². The number of halogens is 1. The van der Waals surface area contributed by atoms with E-state index in [0.717, 1.165) is 36.3 Å². The van der Waals surface area contributed by atoms with Crippen LogP contribution < -0.4 is 10.1 Å². The summed E-state index contributed by atoms with van der Waals surface area (Å²) in [7, 11) is 1.64. The molecule has 0 saturated carbocycles. The van der Waals surface area contributed by atoms with Crippen molar-refractivity contribution in [3.8, 4) is 17.1 Å². The van der Waals surface area contributed by atoms with Crippen LogP contribution in [-0.2, 0) is 17.9 Å². The smallest absolute Gasteiger partial charge is 0.241 e. The normalized spacial score (nSPS) is 16.8. The Labute approximate surface area is 186 Å². The number of hydrogen-bond acceptors (Lipinski definition) is 6. The fourth-order valence-corrected chi connectivity index (χ4v) is 3.94. The van der Waals surface area contributed by atoms with Gasteiger partial charge in [-0.25, -0.2) is 0 Å². The summed E-state index contributed by atoms with van der Waals surface area (Å²) in [6.45, 7) is 2.60. The van der Waals surface area contributed by atoms with Crippen LogP contribution in [0.1, 0.15) is 24.3 Å². The van der Waals surface area contributed by atoms with Crippen molar-refractivity contribution in [3.63, 3.8) is 0 Å². The summed E-state index contributed by atoms with van der Waals surface area (Å²) in [6.07, 6.45) is 1.83. The van der Waals surface area contributed by atoms with E-state index in [-0.39, 0.29) is 11.8 Å². The molecule has 4 rings (SSSR count). The number of carbonyl (C=O) groups is 1. The molecule has 1 fully saturated rings. The second-order valence-electron chi connectivity index (χ2n) is 7.66. The van der Waals surface area contributed by atoms with Crippen LogP contribution in [0.4, 0.5) is 0 Å². The molecule has 1 aromatic heterocycles. The van der Waals surface area contributed by atoms with E-state index in [4.69, 9.17) is 20.9 Å². The summed E-state index contributed by atoms with van der Waals surface area (Å²) < 4.78 is 10.6. The van der Waals surface area contributed by atoms with Gasteiger partial charge in [0.1, 0.15) is 5.75 Å². The van der Waals surface area contributed by atoms with Crippen LogP contribution in [0, 0.1) is 5.92 Å². The SMILES string of the molecule is COc1ccc(CNC(=O)C2CCCN(Cc3nc(-c4cccc(Cl)c4)no3)C2)cc1. The Kier molecular flexibility index (Phi) is 6.84. The van der Waals surface area contributed by atoms with Crippen LogP contribution in [0.3, 0.4) is 0 Å². The van der Waals surface area contributed by atoms with Crippen molar-refractivity contribution in [1.82, 2.24) is 20.4 Å². The third-order valence-corrected chi connectivity index (χ3v) is 5.65. The minimum atomic E-state index is -0.0534. The molecule has 1 atom stereocenters. The number of piperidine rings is 1. The predicted molar refractivity (Wildman–Crippen MR) is 118 cm³/mol. The number of nitrogens with one attached hydrogen (secondary N) is 1. The number of likely N-dealkylation sites (tertiary alicyclic amines) is 1. The molecule has 0 bridgehead atoms. The Morgan fingerprint density at radius 3 is 2.90 bits per heavy atom. The number of ether oxygens (including phenoxy) is 1. The summed E-state index contributed by atoms with van der Waals surface area (Å²) in [4.78, 5) is 19.4. The van der Waals surface area contributed by atoms with Crippen molar-refractivity contribution in [2.45, 2.75) is 25.9 Å². The molecule has 162 valence electrons. The summed E-state index contributed by atoms with van der Waals surface area (Å²) in [6, 6.07) is 15.1. The lowest BCUT2D eigenvalue weighted by Gasteiger charge is -2.30. The largest absolute Gasteiger partial charge is 0.497 e. The van der Waals surface area contributed by atoms with Gasteiger partial charge < -0.3 is 14.6 Å². The molecule has 31 heavy (non-hydrogen) atoms. The molecular formula is C23H25ClN4O3. The Morgan fingerprint density at radius 1 is 1.29 bits per heavy atom. The third-order valence-electron chi connectivity index (χ3n) is 5.41. The molecular weight excluding hydrogens is 416 g/mol. The quantitative estimate of drug-likeness (QED) is 0.599. The van der Waals surface area contributed by atoms with Gasteiger partial charge in [-0.1, -0.05) is 41.0 Å². The maximum absolute atomic E-state index is 12.7. The van der Waals surface area contributed by atoms with Crippen molar-refractivity contribution in [1.29, 1.82) is 0 Å². The van der Waals surface area contributed by atoms with Crippen LogP contribution in [0.15, 0.2) is 53.1 Å². The first kappa shape index (κ1) is 21.3. The van der Waals surface area contributed by atoms with Crippen LogP contribution in [0.2, 0.25) is 5.02 Å². The molecule has 1 amide bonds. The summed E-state index contributed by atoms with van der Waals surface area (Å²) in [5, 5.41) is 7.74. The maximum atomic E-state index is 12.7. The second kappa shape index (κ2) is 9.94. The molecule has 2 aromatic carbocycles. The lowest BCUT2D eigenvalue weighted by atomic mass is 9.97. The van der Waals surface area contributed by atoms with Crippen molar-refractivity contribution in [2.75, 3.05) is 20.2 Å². The molecule has 1 aliphatic heterocycles. The second-order valence-corrected chi connectivity index (χ2v) is 8.10. The fraction of sp³-hybridized carbons (Fsp3) is 0.348. The van der Waals surface area contributed by atoms with E-state index < -0.39 is 0 Å². The molecule has 1 aliphatic rings. The van der Waals surface area contributed by atoms with Gasteiger partial charge in [0.2, 0.25) is 17.6 Å². The van der Waals surface area contributed by atoms with Gasteiger partial charge in [-0.2, -0.15) is 4.98 Å². The van der Waals surface area contributed by atoms with E-state index in [2.05, 4.69) is 20.4 Å². The molecule has 8 heteroatoms. The van der Waals surface area contributed by atoms with Gasteiger partial charge in [0.05, 0.1) is 19.6 Å². The van der Waals surface area contributed by atoms with E-state index in [1.165, 1.54) is 0 Å². The summed E-state index contributed by atoms with van der Waals surface area (Å²) >= 11 is 6.04. The molecule has 0 spiro atoms. The number of aromatic nitrogens is 2. The standard InChI is InChI=1S/C23H25ClN4O3/c1-30-20-9-7-16(8-10-20)13-25-23(29)18-5-3-11-28(14-18)15-21-26-22(27-31-21)17-4-2-6-19(24)12-17/h2,4,6-10,12,18H,3,5,11,13-15H2,1H3,(H,25,29). The zero-order valence-corrected chi connectivity index (χ0v) is 18.1. The Hall–Kier alpha value is -2.90. The van der Waals surface area contributed by atoms with Gasteiger partial charge in [-0.15, -0.1) is 0 Å². The predicted octanol–water partition coefficient (Wildman–Crippen LogP) is 3.93. The number of hydrogen-bond donors (Lipinski definition) is 1. The minimum absolute atomic E-state index is 0.0534. The van der Waals surface area contributed by atoms with Crippen molar-refractivity contribution in [3.05, 3.63) is 65.0 Å². The minimum Gasteiger partial charge on any atom is -0.497 e. The van der Waals surface area contributed by atoms with Gasteiger partial charge in [-0.05, 0) is 49.2 Å². The third kappa shape index (κ3) is 5.62. The Bertz CT molecular complexity index is 1020.